The number of anilines is 1. The largest absolute Gasteiger partial charge is 0.463 e. The molecule has 0 saturated heterocycles. The fourth-order valence-corrected chi connectivity index (χ4v) is 7.06. The summed E-state index contributed by atoms with van der Waals surface area (Å²) in [5.74, 6) is 5.38. The van der Waals surface area contributed by atoms with E-state index in [1.807, 2.05) is 90.6 Å². The van der Waals surface area contributed by atoms with E-state index in [1.54, 1.807) is 53.1 Å². The minimum atomic E-state index is -0.805. The van der Waals surface area contributed by atoms with Crippen molar-refractivity contribution in [2.75, 3.05) is 12.3 Å². The first kappa shape index (κ1) is 36.5. The molecule has 0 radical (unpaired) electrons. The Kier molecular flexibility index (Phi) is 9.81. The Bertz CT molecular complexity index is 2930. The monoisotopic (exact) mass is 758 g/mol. The zero-order valence-electron chi connectivity index (χ0n) is 31.2. The van der Waals surface area contributed by atoms with Gasteiger partial charge in [-0.2, -0.15) is 5.10 Å². The van der Waals surface area contributed by atoms with E-state index in [9.17, 15) is 14.4 Å². The van der Waals surface area contributed by atoms with Gasteiger partial charge in [-0.25, -0.2) is 9.50 Å². The number of amides is 1. The zero-order chi connectivity index (χ0) is 39.6. The van der Waals surface area contributed by atoms with E-state index in [4.69, 9.17) is 16.2 Å². The van der Waals surface area contributed by atoms with E-state index in [1.165, 1.54) is 4.52 Å². The van der Waals surface area contributed by atoms with Crippen molar-refractivity contribution in [2.24, 2.45) is 12.8 Å². The number of nitrogen functional groups attached to an aromatic ring is 1. The van der Waals surface area contributed by atoms with Gasteiger partial charge >= 0.3 is 5.97 Å². The van der Waals surface area contributed by atoms with Gasteiger partial charge in [0.2, 0.25) is 0 Å². The maximum atomic E-state index is 14.5. The molecule has 57 heavy (non-hydrogen) atoms. The number of carbonyl (C=O) groups is 2. The third-order valence-electron chi connectivity index (χ3n) is 9.79. The molecular formula is C43H38N10O4. The number of hydrogen-bond donors (Lipinski definition) is 3. The molecule has 14 nitrogen and oxygen atoms in total. The number of nitrogens with zero attached hydrogens (tertiary/aromatic N) is 7. The van der Waals surface area contributed by atoms with Crippen molar-refractivity contribution in [3.63, 3.8) is 0 Å². The number of fused-ring (bicyclic) bond motifs is 3. The highest BCUT2D eigenvalue weighted by Crippen LogP contribution is 2.25. The maximum Gasteiger partial charge on any atom is 0.323 e. The summed E-state index contributed by atoms with van der Waals surface area (Å²) in [6.45, 7) is 2.20. The zero-order valence-corrected chi connectivity index (χ0v) is 31.2. The Morgan fingerprint density at radius 2 is 1.79 bits per heavy atom. The molecule has 0 saturated carbocycles. The molecule has 0 spiro atoms. The Morgan fingerprint density at radius 1 is 0.982 bits per heavy atom. The fraction of sp³-hybridized carbons (Fsp3) is 0.163. The second kappa shape index (κ2) is 15.3. The van der Waals surface area contributed by atoms with Crippen LogP contribution in [0.5, 0.6) is 0 Å². The topological polar surface area (TPSA) is 182 Å². The second-order valence-electron chi connectivity index (χ2n) is 13.7. The highest BCUT2D eigenvalue weighted by atomic mass is 16.5. The van der Waals surface area contributed by atoms with Crippen molar-refractivity contribution in [3.8, 4) is 17.5 Å². The standard InChI is InChI=1S/C43H38N10O4/c1-27(48-41(54)38-39(45)49-52-19-9-18-46-40(38)52)36-23-30-11-8-10-29(37(30)42(55)53(36)32-12-4-3-5-13-32)17-16-28-24-47-51(25-28)20-21-57-43(56)34(44)22-31-26-50(2)35-15-7-6-14-33(31)35/h3-15,18-19,23-27,34H,20-22,44H2,1-2H3,(H2,45,49)(H,48,54)/t27-,34+/m0/s1. The van der Waals surface area contributed by atoms with Gasteiger partial charge in [0.25, 0.3) is 11.5 Å². The number of nitrogens with one attached hydrogen (secondary N) is 1. The highest BCUT2D eigenvalue weighted by Gasteiger charge is 2.24. The minimum Gasteiger partial charge on any atom is -0.463 e. The fourth-order valence-electron chi connectivity index (χ4n) is 7.06. The van der Waals surface area contributed by atoms with E-state index in [0.29, 0.717) is 51.9 Å². The van der Waals surface area contributed by atoms with Gasteiger partial charge in [0.05, 0.1) is 29.7 Å². The number of para-hydroxylation sites is 2. The van der Waals surface area contributed by atoms with Crippen LogP contribution in [0.4, 0.5) is 5.82 Å². The minimum absolute atomic E-state index is 0.0443. The summed E-state index contributed by atoms with van der Waals surface area (Å²) in [7, 11) is 1.96. The molecule has 0 unspecified atom stereocenters. The van der Waals surface area contributed by atoms with Crippen molar-refractivity contribution >= 4 is 45.0 Å². The Morgan fingerprint density at radius 3 is 2.63 bits per heavy atom. The quantitative estimate of drug-likeness (QED) is 0.135. The number of benzene rings is 3. The van der Waals surface area contributed by atoms with E-state index in [0.717, 1.165) is 16.5 Å². The molecule has 14 heteroatoms. The van der Waals surface area contributed by atoms with Crippen LogP contribution >= 0.6 is 0 Å². The Hall–Kier alpha value is -7.50. The number of hydrogen-bond acceptors (Lipinski definition) is 9. The van der Waals surface area contributed by atoms with Gasteiger partial charge < -0.3 is 26.1 Å². The lowest BCUT2D eigenvalue weighted by atomic mass is 10.0. The second-order valence-corrected chi connectivity index (χ2v) is 13.7. The number of aromatic nitrogens is 7. The van der Waals surface area contributed by atoms with Gasteiger partial charge in [-0.15, -0.1) is 5.10 Å². The summed E-state index contributed by atoms with van der Waals surface area (Å²) in [6, 6.07) is 24.8. The predicted molar refractivity (Wildman–Crippen MR) is 217 cm³/mol. The molecule has 0 fully saturated rings. The molecule has 8 rings (SSSR count). The molecule has 5 aromatic heterocycles. The third-order valence-corrected chi connectivity index (χ3v) is 9.79. The molecule has 3 aromatic carbocycles. The van der Waals surface area contributed by atoms with E-state index >= 15 is 0 Å². The average Bonchev–Trinajstić information content (AvgIpc) is 3.91. The average molecular weight is 759 g/mol. The molecular weight excluding hydrogens is 721 g/mol. The van der Waals surface area contributed by atoms with Gasteiger partial charge in [-0.05, 0) is 54.3 Å². The van der Waals surface area contributed by atoms with Gasteiger partial charge in [-0.1, -0.05) is 60.4 Å². The molecule has 0 aliphatic rings. The lowest BCUT2D eigenvalue weighted by molar-refractivity contribution is -0.145. The lowest BCUT2D eigenvalue weighted by Gasteiger charge is -2.21. The van der Waals surface area contributed by atoms with Crippen LogP contribution in [0.25, 0.3) is 33.0 Å². The van der Waals surface area contributed by atoms with Crippen LogP contribution in [0, 0.1) is 11.8 Å². The summed E-state index contributed by atoms with van der Waals surface area (Å²) in [5, 5.41) is 13.7. The first-order chi connectivity index (χ1) is 27.7. The summed E-state index contributed by atoms with van der Waals surface area (Å²) < 4.78 is 12.2. The molecule has 8 aromatic rings. The molecule has 0 aliphatic carbocycles. The molecule has 1 amide bonds. The van der Waals surface area contributed by atoms with Crippen LogP contribution in [-0.4, -0.2) is 58.0 Å². The van der Waals surface area contributed by atoms with Crippen molar-refractivity contribution < 1.29 is 14.3 Å². The number of rotatable bonds is 10. The van der Waals surface area contributed by atoms with Crippen LogP contribution in [0.15, 0.2) is 121 Å². The van der Waals surface area contributed by atoms with Gasteiger partial charge in [0, 0.05) is 66.1 Å². The molecule has 0 aliphatic heterocycles. The molecule has 0 bridgehead atoms. The summed E-state index contributed by atoms with van der Waals surface area (Å²) in [5.41, 5.74) is 16.9. The number of esters is 1. The van der Waals surface area contributed by atoms with Gasteiger partial charge in [-0.3, -0.25) is 23.6 Å². The van der Waals surface area contributed by atoms with Crippen molar-refractivity contribution in [1.29, 1.82) is 0 Å². The van der Waals surface area contributed by atoms with Crippen LogP contribution in [0.2, 0.25) is 0 Å². The van der Waals surface area contributed by atoms with Crippen molar-refractivity contribution in [1.82, 2.24) is 38.8 Å². The van der Waals surface area contributed by atoms with Crippen LogP contribution in [-0.2, 0) is 29.5 Å². The van der Waals surface area contributed by atoms with Crippen LogP contribution in [0.1, 0.15) is 45.7 Å². The SMILES string of the molecule is C[C@H](NC(=O)c1c(N)nn2cccnc12)c1cc2cccc(C#Cc3cnn(CCOC(=O)[C@H](N)Cc4cn(C)c5ccccc45)c3)c2c(=O)n1-c1ccccc1. The number of nitrogens with two attached hydrogens (primary N) is 2. The Labute approximate surface area is 326 Å². The van der Waals surface area contributed by atoms with Crippen molar-refractivity contribution in [2.45, 2.75) is 32.0 Å². The number of aryl methyl sites for hydroxylation is 1. The van der Waals surface area contributed by atoms with Gasteiger partial charge in [0.15, 0.2) is 11.5 Å². The highest BCUT2D eigenvalue weighted by molar-refractivity contribution is 6.04. The molecule has 284 valence electrons. The first-order valence-electron chi connectivity index (χ1n) is 18.3. The molecule has 5 N–H and O–H groups in total. The summed E-state index contributed by atoms with van der Waals surface area (Å²) >= 11 is 0. The van der Waals surface area contributed by atoms with Crippen LogP contribution in [0.3, 0.4) is 0 Å². The molecule has 2 atom stereocenters. The maximum absolute atomic E-state index is 14.5. The lowest BCUT2D eigenvalue weighted by Crippen LogP contribution is -2.35. The van der Waals surface area contributed by atoms with Gasteiger partial charge in [0.1, 0.15) is 18.2 Å². The normalized spacial score (nSPS) is 12.3. The van der Waals surface area contributed by atoms with Crippen molar-refractivity contribution in [3.05, 3.63) is 154 Å². The smallest absolute Gasteiger partial charge is 0.323 e. The number of carbonyl (C=O) groups excluding carboxylic acids is 2. The summed E-state index contributed by atoms with van der Waals surface area (Å²) in [4.78, 5) is 45.1. The van der Waals surface area contributed by atoms with E-state index in [2.05, 4.69) is 32.3 Å². The van der Waals surface area contributed by atoms with Crippen LogP contribution < -0.4 is 22.3 Å². The molecule has 5 heterocycles. The van der Waals surface area contributed by atoms with E-state index in [-0.39, 0.29) is 23.5 Å². The Balaban J connectivity index is 0.998. The van der Waals surface area contributed by atoms with E-state index < -0.39 is 24.0 Å². The third kappa shape index (κ3) is 7.22. The first-order valence-corrected chi connectivity index (χ1v) is 18.3. The number of pyridine rings is 1. The predicted octanol–water partition coefficient (Wildman–Crippen LogP) is 4.31. The summed E-state index contributed by atoms with van der Waals surface area (Å²) in [6.07, 6.45) is 8.93. The number of ether oxygens (including phenoxy) is 1.